The Bertz CT molecular complexity index is 218. The normalized spacial score (nSPS) is 11.9. The van der Waals surface area contributed by atoms with Gasteiger partial charge in [0.2, 0.25) is 0 Å². The van der Waals surface area contributed by atoms with Gasteiger partial charge in [0, 0.05) is 0 Å². The minimum atomic E-state index is 0. The van der Waals surface area contributed by atoms with E-state index in [0.29, 0.717) is 5.92 Å². The van der Waals surface area contributed by atoms with Gasteiger partial charge in [0.25, 0.3) is 0 Å². The van der Waals surface area contributed by atoms with Crippen molar-refractivity contribution in [3.63, 3.8) is 0 Å². The van der Waals surface area contributed by atoms with Gasteiger partial charge in [-0.15, -0.1) is 0 Å². The average Bonchev–Trinajstić information content (AvgIpc) is 2.19. The largest absolute Gasteiger partial charge is 1.00 e. The molecular formula is C13H19Li. The summed E-state index contributed by atoms with van der Waals surface area (Å²) in [5.41, 5.74) is 1.45. The maximum atomic E-state index is 3.05. The second kappa shape index (κ2) is 8.15. The molecule has 0 bridgehead atoms. The molecule has 1 rings (SSSR count). The van der Waals surface area contributed by atoms with Crippen LogP contribution in [0.15, 0.2) is 24.3 Å². The van der Waals surface area contributed by atoms with E-state index < -0.39 is 0 Å². The fourth-order valence-electron chi connectivity index (χ4n) is 1.60. The van der Waals surface area contributed by atoms with E-state index in [0.717, 1.165) is 0 Å². The van der Waals surface area contributed by atoms with Crippen LogP contribution < -0.4 is 18.9 Å². The van der Waals surface area contributed by atoms with E-state index >= 15 is 0 Å². The molecule has 0 nitrogen and oxygen atoms in total. The molecule has 1 aromatic rings. The maximum Gasteiger partial charge on any atom is 1.00 e. The van der Waals surface area contributed by atoms with Gasteiger partial charge in [0.15, 0.2) is 0 Å². The fourth-order valence-corrected chi connectivity index (χ4v) is 1.60. The van der Waals surface area contributed by atoms with Crippen LogP contribution in [0.4, 0.5) is 0 Å². The average molecular weight is 182 g/mol. The second-order valence-corrected chi connectivity index (χ2v) is 3.73. The summed E-state index contributed by atoms with van der Waals surface area (Å²) in [7, 11) is 0. The van der Waals surface area contributed by atoms with Crippen molar-refractivity contribution in [2.75, 3.05) is 0 Å². The van der Waals surface area contributed by atoms with Crippen LogP contribution in [0, 0.1) is 6.07 Å². The van der Waals surface area contributed by atoms with Crippen molar-refractivity contribution in [3.05, 3.63) is 35.9 Å². The van der Waals surface area contributed by atoms with Crippen LogP contribution in [-0.2, 0) is 0 Å². The molecule has 14 heavy (non-hydrogen) atoms. The summed E-state index contributed by atoms with van der Waals surface area (Å²) in [5, 5.41) is 0. The number of hydrogen-bond acceptors (Lipinski definition) is 0. The van der Waals surface area contributed by atoms with Gasteiger partial charge in [0.05, 0.1) is 0 Å². The smallest absolute Gasteiger partial charge is 0.184 e. The number of rotatable bonds is 5. The Labute approximate surface area is 100 Å². The van der Waals surface area contributed by atoms with Gasteiger partial charge in [-0.3, -0.25) is 0 Å². The molecule has 0 amide bonds. The third-order valence-electron chi connectivity index (χ3n) is 2.55. The first-order chi connectivity index (χ1) is 6.34. The zero-order chi connectivity index (χ0) is 9.52. The molecule has 0 aliphatic heterocycles. The first kappa shape index (κ1) is 13.8. The van der Waals surface area contributed by atoms with Crippen LogP contribution in [0.3, 0.4) is 0 Å². The summed E-state index contributed by atoms with van der Waals surface area (Å²) in [4.78, 5) is 0. The van der Waals surface area contributed by atoms with Crippen LogP contribution in [0.2, 0.25) is 0 Å². The molecule has 0 spiro atoms. The van der Waals surface area contributed by atoms with Crippen LogP contribution in [-0.4, -0.2) is 0 Å². The minimum absolute atomic E-state index is 0. The van der Waals surface area contributed by atoms with Gasteiger partial charge < -0.3 is 0 Å². The Hall–Kier alpha value is -0.183. The minimum Gasteiger partial charge on any atom is -0.184 e. The molecule has 1 atom stereocenters. The van der Waals surface area contributed by atoms with Gasteiger partial charge in [0.1, 0.15) is 0 Å². The van der Waals surface area contributed by atoms with E-state index in [2.05, 4.69) is 32.0 Å². The molecule has 0 fully saturated rings. The van der Waals surface area contributed by atoms with Gasteiger partial charge in [-0.25, -0.2) is 0 Å². The summed E-state index contributed by atoms with van der Waals surface area (Å²) in [6.07, 6.45) is 5.35. The van der Waals surface area contributed by atoms with E-state index in [9.17, 15) is 0 Å². The van der Waals surface area contributed by atoms with E-state index in [1.165, 1.54) is 31.2 Å². The Morgan fingerprint density at radius 2 is 1.86 bits per heavy atom. The number of unbranched alkanes of at least 4 members (excludes halogenated alkanes) is 2. The Morgan fingerprint density at radius 3 is 2.43 bits per heavy atom. The van der Waals surface area contributed by atoms with Crippen molar-refractivity contribution in [3.8, 4) is 0 Å². The van der Waals surface area contributed by atoms with Crippen molar-refractivity contribution in [2.45, 2.75) is 45.4 Å². The fraction of sp³-hybridized carbons (Fsp3) is 0.538. The summed E-state index contributed by atoms with van der Waals surface area (Å²) >= 11 is 0. The first-order valence-electron chi connectivity index (χ1n) is 5.30. The van der Waals surface area contributed by atoms with Crippen molar-refractivity contribution < 1.29 is 18.9 Å². The molecule has 0 N–H and O–H groups in total. The second-order valence-electron chi connectivity index (χ2n) is 3.73. The molecule has 0 aromatic heterocycles. The third-order valence-corrected chi connectivity index (χ3v) is 2.55. The molecule has 1 unspecified atom stereocenters. The molecule has 0 heterocycles. The summed E-state index contributed by atoms with van der Waals surface area (Å²) in [6, 6.07) is 11.4. The molecule has 0 aliphatic carbocycles. The van der Waals surface area contributed by atoms with Gasteiger partial charge in [-0.1, -0.05) is 33.1 Å². The quantitative estimate of drug-likeness (QED) is 0.364. The molecule has 1 aromatic carbocycles. The predicted octanol–water partition coefficient (Wildman–Crippen LogP) is 1.17. The topological polar surface area (TPSA) is 0 Å². The molecular weight excluding hydrogens is 163 g/mol. The Balaban J connectivity index is 0.00000169. The molecule has 72 valence electrons. The molecule has 1 heteroatoms. The van der Waals surface area contributed by atoms with E-state index in [4.69, 9.17) is 0 Å². The van der Waals surface area contributed by atoms with Crippen molar-refractivity contribution in [2.24, 2.45) is 0 Å². The van der Waals surface area contributed by atoms with Crippen LogP contribution in [0.1, 0.15) is 51.0 Å². The summed E-state index contributed by atoms with van der Waals surface area (Å²) in [6.45, 7) is 4.56. The Morgan fingerprint density at radius 1 is 1.21 bits per heavy atom. The zero-order valence-electron chi connectivity index (χ0n) is 9.72. The van der Waals surface area contributed by atoms with Crippen LogP contribution >= 0.6 is 0 Å². The standard InChI is InChI=1S/C13H19.Li/c1-3-4-6-9-12(2)13-10-7-5-8-11-13;/h7-8,10-12H,3-4,6,9H2,1-2H3;/q-1;+1. The van der Waals surface area contributed by atoms with Crippen molar-refractivity contribution in [1.82, 2.24) is 0 Å². The molecule has 0 radical (unpaired) electrons. The first-order valence-corrected chi connectivity index (χ1v) is 5.30. The van der Waals surface area contributed by atoms with Crippen LogP contribution in [0.5, 0.6) is 0 Å². The van der Waals surface area contributed by atoms with E-state index in [1.807, 2.05) is 12.1 Å². The number of hydrogen-bond donors (Lipinski definition) is 0. The monoisotopic (exact) mass is 182 g/mol. The zero-order valence-corrected chi connectivity index (χ0v) is 9.72. The van der Waals surface area contributed by atoms with Crippen LogP contribution in [0.25, 0.3) is 0 Å². The maximum absolute atomic E-state index is 3.05. The van der Waals surface area contributed by atoms with E-state index in [-0.39, 0.29) is 18.9 Å². The third kappa shape index (κ3) is 4.89. The van der Waals surface area contributed by atoms with E-state index in [1.54, 1.807) is 0 Å². The van der Waals surface area contributed by atoms with Gasteiger partial charge in [-0.05, 0) is 12.3 Å². The summed E-state index contributed by atoms with van der Waals surface area (Å²) in [5.74, 6) is 0.709. The van der Waals surface area contributed by atoms with Crippen molar-refractivity contribution in [1.29, 1.82) is 0 Å². The number of benzene rings is 1. The summed E-state index contributed by atoms with van der Waals surface area (Å²) < 4.78 is 0. The SMILES string of the molecule is CCCCCC(C)c1cc[c-]cc1.[Li+]. The van der Waals surface area contributed by atoms with Gasteiger partial charge >= 0.3 is 18.9 Å². The molecule has 0 aliphatic rings. The molecule has 0 saturated heterocycles. The van der Waals surface area contributed by atoms with Crippen molar-refractivity contribution >= 4 is 0 Å². The molecule has 0 saturated carbocycles. The Kier molecular flexibility index (Phi) is 8.05. The van der Waals surface area contributed by atoms with Gasteiger partial charge in [-0.2, -0.15) is 35.9 Å². The predicted molar refractivity (Wildman–Crippen MR) is 57.8 cm³/mol.